The molecule has 52 heavy (non-hydrogen) atoms. The maximum atomic E-state index is 6.60. The normalized spacial score (nSPS) is 11.5. The number of pyridine rings is 1. The molecular formula is C49H32N2O. The number of anilines is 3. The lowest BCUT2D eigenvalue weighted by Crippen LogP contribution is -2.09. The summed E-state index contributed by atoms with van der Waals surface area (Å²) in [4.78, 5) is 6.69. The third kappa shape index (κ3) is 5.19. The lowest BCUT2D eigenvalue weighted by Gasteiger charge is -2.26. The Balaban J connectivity index is 1.11. The average Bonchev–Trinajstić information content (AvgIpc) is 3.60. The molecule has 3 nitrogen and oxygen atoms in total. The Kier molecular flexibility index (Phi) is 7.14. The van der Waals surface area contributed by atoms with Gasteiger partial charge in [-0.15, -0.1) is 0 Å². The van der Waals surface area contributed by atoms with Gasteiger partial charge in [0.25, 0.3) is 0 Å². The van der Waals surface area contributed by atoms with Gasteiger partial charge in [-0.05, 0) is 110 Å². The first-order chi connectivity index (χ1) is 25.8. The zero-order valence-corrected chi connectivity index (χ0v) is 28.3. The molecular weight excluding hydrogens is 633 g/mol. The average molecular weight is 665 g/mol. The molecule has 8 aromatic carbocycles. The lowest BCUT2D eigenvalue weighted by molar-refractivity contribution is 0.672. The Morgan fingerprint density at radius 3 is 1.75 bits per heavy atom. The highest BCUT2D eigenvalue weighted by Gasteiger charge is 2.18. The maximum Gasteiger partial charge on any atom is 0.144 e. The van der Waals surface area contributed by atoms with Gasteiger partial charge in [-0.1, -0.05) is 115 Å². The van der Waals surface area contributed by atoms with E-state index in [0.717, 1.165) is 49.8 Å². The fourth-order valence-electron chi connectivity index (χ4n) is 7.54. The Morgan fingerprint density at radius 2 is 1.00 bits per heavy atom. The number of rotatable bonds is 6. The standard InChI is InChI=1S/C49H32N2O/c1-3-9-33(10-4-1)35-15-20-40(21-16-35)51(42-24-26-44-45-25-19-37-27-28-50-32-47(37)49(45)52-48(44)31-42)41-22-17-36(18-23-41)46-30-39(34-11-5-2-6-12-34)29-38-13-7-8-14-43(38)46/h1-32H. The molecule has 0 aliphatic rings. The quantitative estimate of drug-likeness (QED) is 0.177. The van der Waals surface area contributed by atoms with E-state index in [9.17, 15) is 0 Å². The van der Waals surface area contributed by atoms with Crippen LogP contribution in [0.1, 0.15) is 0 Å². The molecule has 0 saturated heterocycles. The van der Waals surface area contributed by atoms with Crippen LogP contribution in [0.5, 0.6) is 0 Å². The van der Waals surface area contributed by atoms with E-state index >= 15 is 0 Å². The molecule has 244 valence electrons. The molecule has 0 N–H and O–H groups in total. The van der Waals surface area contributed by atoms with Crippen LogP contribution in [0.15, 0.2) is 199 Å². The predicted molar refractivity (Wildman–Crippen MR) is 218 cm³/mol. The fraction of sp³-hybridized carbons (Fsp3) is 0. The van der Waals surface area contributed by atoms with E-state index in [1.165, 1.54) is 44.2 Å². The molecule has 0 fully saturated rings. The van der Waals surface area contributed by atoms with E-state index in [4.69, 9.17) is 4.42 Å². The van der Waals surface area contributed by atoms with Crippen molar-refractivity contribution in [3.05, 3.63) is 194 Å². The van der Waals surface area contributed by atoms with Crippen molar-refractivity contribution in [2.45, 2.75) is 0 Å². The van der Waals surface area contributed by atoms with E-state index < -0.39 is 0 Å². The van der Waals surface area contributed by atoms with Crippen molar-refractivity contribution in [2.24, 2.45) is 0 Å². The number of hydrogen-bond acceptors (Lipinski definition) is 3. The Bertz CT molecular complexity index is 2880. The highest BCUT2D eigenvalue weighted by atomic mass is 16.3. The summed E-state index contributed by atoms with van der Waals surface area (Å²) in [7, 11) is 0. The van der Waals surface area contributed by atoms with Gasteiger partial charge in [-0.3, -0.25) is 4.98 Å². The van der Waals surface area contributed by atoms with Gasteiger partial charge in [0.1, 0.15) is 11.2 Å². The maximum absolute atomic E-state index is 6.60. The molecule has 0 atom stereocenters. The van der Waals surface area contributed by atoms with Crippen molar-refractivity contribution in [1.29, 1.82) is 0 Å². The lowest BCUT2D eigenvalue weighted by atomic mass is 9.93. The molecule has 0 saturated carbocycles. The van der Waals surface area contributed by atoms with Crippen LogP contribution >= 0.6 is 0 Å². The van der Waals surface area contributed by atoms with Crippen molar-refractivity contribution < 1.29 is 4.42 Å². The predicted octanol–water partition coefficient (Wildman–Crippen LogP) is 13.8. The molecule has 10 aromatic rings. The van der Waals surface area contributed by atoms with Crippen molar-refractivity contribution in [3.8, 4) is 33.4 Å². The summed E-state index contributed by atoms with van der Waals surface area (Å²) in [5.41, 5.74) is 12.0. The van der Waals surface area contributed by atoms with E-state index in [0.29, 0.717) is 0 Å². The van der Waals surface area contributed by atoms with Crippen LogP contribution in [0, 0.1) is 0 Å². The third-order valence-corrected chi connectivity index (χ3v) is 10.1. The second-order valence-corrected chi connectivity index (χ2v) is 13.2. The summed E-state index contributed by atoms with van der Waals surface area (Å²) in [6, 6.07) is 65.0. The van der Waals surface area contributed by atoms with Gasteiger partial charge in [0.2, 0.25) is 0 Å². The van der Waals surface area contributed by atoms with Gasteiger partial charge in [-0.25, -0.2) is 0 Å². The first-order valence-electron chi connectivity index (χ1n) is 17.6. The summed E-state index contributed by atoms with van der Waals surface area (Å²) in [6.45, 7) is 0. The monoisotopic (exact) mass is 664 g/mol. The van der Waals surface area contributed by atoms with Crippen LogP contribution in [0.2, 0.25) is 0 Å². The number of aromatic nitrogens is 1. The molecule has 0 aliphatic carbocycles. The second-order valence-electron chi connectivity index (χ2n) is 13.2. The van der Waals surface area contributed by atoms with Crippen LogP contribution in [0.3, 0.4) is 0 Å². The number of benzene rings is 8. The highest BCUT2D eigenvalue weighted by Crippen LogP contribution is 2.42. The number of hydrogen-bond donors (Lipinski definition) is 0. The van der Waals surface area contributed by atoms with Crippen LogP contribution in [0.4, 0.5) is 17.1 Å². The summed E-state index contributed by atoms with van der Waals surface area (Å²) >= 11 is 0. The van der Waals surface area contributed by atoms with E-state index in [1.54, 1.807) is 0 Å². The topological polar surface area (TPSA) is 29.3 Å². The minimum absolute atomic E-state index is 0.843. The van der Waals surface area contributed by atoms with Crippen molar-refractivity contribution in [2.75, 3.05) is 4.90 Å². The zero-order valence-electron chi connectivity index (χ0n) is 28.3. The van der Waals surface area contributed by atoms with Gasteiger partial charge < -0.3 is 9.32 Å². The van der Waals surface area contributed by atoms with Crippen LogP contribution in [0.25, 0.3) is 76.9 Å². The van der Waals surface area contributed by atoms with Crippen LogP contribution in [-0.4, -0.2) is 4.98 Å². The molecule has 10 rings (SSSR count). The van der Waals surface area contributed by atoms with Crippen molar-refractivity contribution in [3.63, 3.8) is 0 Å². The summed E-state index contributed by atoms with van der Waals surface area (Å²) in [6.07, 6.45) is 3.71. The van der Waals surface area contributed by atoms with Crippen LogP contribution in [-0.2, 0) is 0 Å². The first kappa shape index (κ1) is 29.9. The van der Waals surface area contributed by atoms with Gasteiger partial charge in [0.15, 0.2) is 0 Å². The largest absolute Gasteiger partial charge is 0.455 e. The summed E-state index contributed by atoms with van der Waals surface area (Å²) in [5, 5.41) is 6.78. The number of nitrogens with zero attached hydrogens (tertiary/aromatic N) is 2. The second kappa shape index (κ2) is 12.4. The Morgan fingerprint density at radius 1 is 0.385 bits per heavy atom. The first-order valence-corrected chi connectivity index (χ1v) is 17.6. The van der Waals surface area contributed by atoms with Crippen molar-refractivity contribution in [1.82, 2.24) is 4.98 Å². The van der Waals surface area contributed by atoms with Crippen LogP contribution < -0.4 is 4.90 Å². The molecule has 2 heterocycles. The number of furan rings is 1. The van der Waals surface area contributed by atoms with Crippen molar-refractivity contribution >= 4 is 60.5 Å². The molecule has 3 heteroatoms. The molecule has 0 amide bonds. The SMILES string of the molecule is c1ccc(-c2ccc(N(c3ccc(-c4cc(-c5ccccc5)cc5ccccc45)cc3)c3ccc4c(c3)oc3c5cnccc5ccc43)cc2)cc1. The summed E-state index contributed by atoms with van der Waals surface area (Å²) in [5.74, 6) is 0. The van der Waals surface area contributed by atoms with Gasteiger partial charge in [0, 0.05) is 51.7 Å². The Hall–Kier alpha value is -6.97. The molecule has 0 aliphatic heterocycles. The van der Waals surface area contributed by atoms with E-state index in [-0.39, 0.29) is 0 Å². The minimum atomic E-state index is 0.843. The zero-order chi connectivity index (χ0) is 34.4. The molecule has 0 bridgehead atoms. The fourth-order valence-corrected chi connectivity index (χ4v) is 7.54. The smallest absolute Gasteiger partial charge is 0.144 e. The molecule has 0 radical (unpaired) electrons. The van der Waals surface area contributed by atoms with Gasteiger partial charge >= 0.3 is 0 Å². The van der Waals surface area contributed by atoms with Gasteiger partial charge in [-0.2, -0.15) is 0 Å². The van der Waals surface area contributed by atoms with Gasteiger partial charge in [0.05, 0.1) is 0 Å². The highest BCUT2D eigenvalue weighted by molar-refractivity contribution is 6.15. The molecule has 0 unspecified atom stereocenters. The summed E-state index contributed by atoms with van der Waals surface area (Å²) < 4.78 is 6.60. The minimum Gasteiger partial charge on any atom is -0.455 e. The number of fused-ring (bicyclic) bond motifs is 6. The Labute approximate surface area is 301 Å². The van der Waals surface area contributed by atoms with E-state index in [2.05, 4.69) is 186 Å². The molecule has 0 spiro atoms. The third-order valence-electron chi connectivity index (χ3n) is 10.1. The molecule has 2 aromatic heterocycles. The van der Waals surface area contributed by atoms with E-state index in [1.807, 2.05) is 18.5 Å².